The number of rotatable bonds is 3. The van der Waals surface area contributed by atoms with E-state index in [-0.39, 0.29) is 0 Å². The van der Waals surface area contributed by atoms with Gasteiger partial charge in [-0.15, -0.1) is 0 Å². The van der Waals surface area contributed by atoms with Gasteiger partial charge in [0, 0.05) is 0 Å². The van der Waals surface area contributed by atoms with Crippen LogP contribution in [-0.4, -0.2) is 0 Å². The third-order valence-electron chi connectivity index (χ3n) is 1.50. The number of nitrogens with two attached hydrogens (primary N) is 3. The van der Waals surface area contributed by atoms with E-state index in [0.717, 1.165) is 5.69 Å². The van der Waals surface area contributed by atoms with Crippen LogP contribution < -0.4 is 33.8 Å². The zero-order valence-corrected chi connectivity index (χ0v) is 6.46. The molecule has 0 saturated heterocycles. The topological polar surface area (TPSA) is 114 Å². The highest BCUT2D eigenvalue weighted by Gasteiger charge is 1.99. The lowest BCUT2D eigenvalue weighted by molar-refractivity contribution is 1.28. The van der Waals surface area contributed by atoms with Crippen molar-refractivity contribution in [1.82, 2.24) is 0 Å². The average Bonchev–Trinajstić information content (AvgIpc) is 2.16. The summed E-state index contributed by atoms with van der Waals surface area (Å²) in [6.45, 7) is 0. The normalized spacial score (nSPS) is 9.25. The lowest BCUT2D eigenvalue weighted by Gasteiger charge is -2.09. The van der Waals surface area contributed by atoms with Gasteiger partial charge in [-0.1, -0.05) is 0 Å². The zero-order chi connectivity index (χ0) is 8.97. The lowest BCUT2D eigenvalue weighted by Crippen LogP contribution is -2.15. The minimum Gasteiger partial charge on any atom is -0.324 e. The second kappa shape index (κ2) is 3.77. The molecule has 0 radical (unpaired) electrons. The summed E-state index contributed by atoms with van der Waals surface area (Å²) in [5.74, 6) is 15.7. The first-order valence-electron chi connectivity index (χ1n) is 3.35. The molecule has 0 aliphatic carbocycles. The van der Waals surface area contributed by atoms with Gasteiger partial charge in [-0.05, 0) is 18.2 Å². The summed E-state index contributed by atoms with van der Waals surface area (Å²) in [4.78, 5) is 0. The van der Waals surface area contributed by atoms with Gasteiger partial charge in [-0.3, -0.25) is 17.5 Å². The van der Waals surface area contributed by atoms with Crippen molar-refractivity contribution in [3.63, 3.8) is 0 Å². The van der Waals surface area contributed by atoms with Gasteiger partial charge in [-0.25, -0.2) is 0 Å². The number of anilines is 3. The van der Waals surface area contributed by atoms with Gasteiger partial charge in [0.05, 0.1) is 17.1 Å². The Labute approximate surface area is 70.0 Å². The molecule has 66 valence electrons. The van der Waals surface area contributed by atoms with E-state index < -0.39 is 0 Å². The summed E-state index contributed by atoms with van der Waals surface area (Å²) in [6, 6.07) is 5.26. The van der Waals surface area contributed by atoms with Crippen molar-refractivity contribution in [3.8, 4) is 0 Å². The molecule has 0 fully saturated rings. The van der Waals surface area contributed by atoms with Gasteiger partial charge >= 0.3 is 0 Å². The van der Waals surface area contributed by atoms with Crippen LogP contribution in [0.4, 0.5) is 17.1 Å². The number of nitrogen functional groups attached to an aromatic ring is 3. The van der Waals surface area contributed by atoms with Gasteiger partial charge in [0.25, 0.3) is 0 Å². The first-order valence-corrected chi connectivity index (χ1v) is 3.35. The number of nitrogens with one attached hydrogen (secondary N) is 3. The van der Waals surface area contributed by atoms with Crippen LogP contribution in [0, 0.1) is 0 Å². The molecule has 0 heterocycles. The maximum Gasteiger partial charge on any atom is 0.0752 e. The van der Waals surface area contributed by atoms with Crippen molar-refractivity contribution >= 4 is 17.1 Å². The van der Waals surface area contributed by atoms with Crippen LogP contribution in [0.1, 0.15) is 0 Å². The van der Waals surface area contributed by atoms with Crippen molar-refractivity contribution in [2.75, 3.05) is 16.3 Å². The van der Waals surface area contributed by atoms with Gasteiger partial charge < -0.3 is 16.3 Å². The third-order valence-corrected chi connectivity index (χ3v) is 1.50. The van der Waals surface area contributed by atoms with Crippen molar-refractivity contribution in [3.05, 3.63) is 18.2 Å². The Morgan fingerprint density at radius 1 is 0.833 bits per heavy atom. The SMILES string of the molecule is NNc1ccc(NN)c(NN)c1. The predicted octanol–water partition coefficient (Wildman–Crippen LogP) is -0.457. The van der Waals surface area contributed by atoms with Crippen LogP contribution in [0.15, 0.2) is 18.2 Å². The molecule has 6 heteroatoms. The maximum atomic E-state index is 5.24. The second-order valence-corrected chi connectivity index (χ2v) is 2.19. The van der Waals surface area contributed by atoms with Crippen LogP contribution in [0.5, 0.6) is 0 Å². The van der Waals surface area contributed by atoms with Gasteiger partial charge in [0.15, 0.2) is 0 Å². The van der Waals surface area contributed by atoms with E-state index in [1.165, 1.54) is 0 Å². The zero-order valence-electron chi connectivity index (χ0n) is 6.46. The monoisotopic (exact) mass is 168 g/mol. The smallest absolute Gasteiger partial charge is 0.0752 e. The van der Waals surface area contributed by atoms with E-state index in [1.807, 2.05) is 0 Å². The van der Waals surface area contributed by atoms with Crippen LogP contribution in [0.25, 0.3) is 0 Å². The average molecular weight is 168 g/mol. The van der Waals surface area contributed by atoms with Gasteiger partial charge in [-0.2, -0.15) is 0 Å². The highest BCUT2D eigenvalue weighted by Crippen LogP contribution is 2.23. The third kappa shape index (κ3) is 1.56. The first-order chi connectivity index (χ1) is 5.81. The summed E-state index contributed by atoms with van der Waals surface area (Å²) >= 11 is 0. The molecule has 0 aromatic heterocycles. The Kier molecular flexibility index (Phi) is 2.70. The quantitative estimate of drug-likeness (QED) is 0.269. The number of hydrogen-bond acceptors (Lipinski definition) is 6. The molecule has 1 rings (SSSR count). The molecular formula is C6H12N6. The molecular weight excluding hydrogens is 156 g/mol. The molecule has 6 nitrogen and oxygen atoms in total. The molecule has 0 unspecified atom stereocenters. The fourth-order valence-electron chi connectivity index (χ4n) is 0.879. The summed E-state index contributed by atoms with van der Waals surface area (Å²) < 4.78 is 0. The minimum absolute atomic E-state index is 0.674. The Morgan fingerprint density at radius 3 is 2.00 bits per heavy atom. The fourth-order valence-corrected chi connectivity index (χ4v) is 0.879. The number of hydrogen-bond donors (Lipinski definition) is 6. The summed E-state index contributed by atoms with van der Waals surface area (Å²) in [6.07, 6.45) is 0. The van der Waals surface area contributed by atoms with Crippen molar-refractivity contribution < 1.29 is 0 Å². The standard InChI is InChI=1S/C6H12N6/c7-10-4-1-2-5(11-8)6(3-4)12-9/h1-3,10-12H,7-9H2. The van der Waals surface area contributed by atoms with Crippen LogP contribution in [0.2, 0.25) is 0 Å². The molecule has 0 spiro atoms. The molecule has 0 aliphatic rings. The van der Waals surface area contributed by atoms with Gasteiger partial charge in [0.2, 0.25) is 0 Å². The second-order valence-electron chi connectivity index (χ2n) is 2.19. The molecule has 0 amide bonds. The van der Waals surface area contributed by atoms with Gasteiger partial charge in [0.1, 0.15) is 0 Å². The molecule has 9 N–H and O–H groups in total. The molecule has 0 atom stereocenters. The minimum atomic E-state index is 0.674. The lowest BCUT2D eigenvalue weighted by atomic mass is 10.2. The molecule has 0 aliphatic heterocycles. The Bertz CT molecular complexity index is 260. The van der Waals surface area contributed by atoms with Crippen molar-refractivity contribution in [2.24, 2.45) is 17.5 Å². The Balaban J connectivity index is 3.02. The molecule has 12 heavy (non-hydrogen) atoms. The Morgan fingerprint density at radius 2 is 1.50 bits per heavy atom. The van der Waals surface area contributed by atoms with Crippen LogP contribution in [-0.2, 0) is 0 Å². The number of benzene rings is 1. The van der Waals surface area contributed by atoms with Crippen molar-refractivity contribution in [2.45, 2.75) is 0 Å². The van der Waals surface area contributed by atoms with Crippen molar-refractivity contribution in [1.29, 1.82) is 0 Å². The maximum absolute atomic E-state index is 5.24. The van der Waals surface area contributed by atoms with Crippen LogP contribution >= 0.6 is 0 Å². The Hall–Kier alpha value is -1.50. The van der Waals surface area contributed by atoms with Crippen LogP contribution in [0.3, 0.4) is 0 Å². The van der Waals surface area contributed by atoms with E-state index in [4.69, 9.17) is 17.5 Å². The molecule has 1 aromatic carbocycles. The summed E-state index contributed by atoms with van der Waals surface area (Å²) in [5.41, 5.74) is 9.59. The first kappa shape index (κ1) is 8.60. The highest BCUT2D eigenvalue weighted by atomic mass is 15.3. The van der Waals surface area contributed by atoms with E-state index in [9.17, 15) is 0 Å². The molecule has 1 aromatic rings. The highest BCUT2D eigenvalue weighted by molar-refractivity contribution is 5.72. The van der Waals surface area contributed by atoms with E-state index in [0.29, 0.717) is 11.4 Å². The predicted molar refractivity (Wildman–Crippen MR) is 49.9 cm³/mol. The van der Waals surface area contributed by atoms with E-state index in [2.05, 4.69) is 16.3 Å². The summed E-state index contributed by atoms with van der Waals surface area (Å²) in [7, 11) is 0. The molecule has 0 bridgehead atoms. The van der Waals surface area contributed by atoms with E-state index in [1.54, 1.807) is 18.2 Å². The molecule has 0 saturated carbocycles. The summed E-state index contributed by atoms with van der Waals surface area (Å²) in [5, 5.41) is 0. The van der Waals surface area contributed by atoms with E-state index >= 15 is 0 Å². The largest absolute Gasteiger partial charge is 0.324 e. The fraction of sp³-hybridized carbons (Fsp3) is 0. The number of hydrazine groups is 3.